The Labute approximate surface area is 177 Å². The van der Waals surface area contributed by atoms with Gasteiger partial charge in [-0.05, 0) is 32.9 Å². The fraction of sp³-hybridized carbons (Fsp3) is 0.348. The molecule has 0 saturated heterocycles. The number of carbonyl (C=O) groups excluding carboxylic acids is 3. The summed E-state index contributed by atoms with van der Waals surface area (Å²) in [6.45, 7) is 6.60. The predicted molar refractivity (Wildman–Crippen MR) is 113 cm³/mol. The molecule has 0 unspecified atom stereocenters. The summed E-state index contributed by atoms with van der Waals surface area (Å²) >= 11 is 0. The number of amides is 2. The highest BCUT2D eigenvalue weighted by Crippen LogP contribution is 2.21. The standard InChI is InChI=1S/C23H28N2O5/c1-4-25(5-2)23(28)21(17-12-8-7-9-13-17)30-20(26)16-24-22(27)18-14-10-11-15-19(18)29-6-3/h7-15,21H,4-6,16H2,1-3H3,(H,24,27)/t21-/m1/s1. The van der Waals surface area contributed by atoms with E-state index >= 15 is 0 Å². The first-order chi connectivity index (χ1) is 14.5. The topological polar surface area (TPSA) is 84.9 Å². The fourth-order valence-electron chi connectivity index (χ4n) is 2.95. The van der Waals surface area contributed by atoms with E-state index < -0.39 is 18.0 Å². The van der Waals surface area contributed by atoms with Crippen LogP contribution in [-0.4, -0.2) is 48.9 Å². The molecule has 0 saturated carbocycles. The van der Waals surface area contributed by atoms with E-state index in [0.29, 0.717) is 36.6 Å². The maximum atomic E-state index is 12.9. The number of benzene rings is 2. The molecular weight excluding hydrogens is 384 g/mol. The third-order valence-electron chi connectivity index (χ3n) is 4.48. The molecule has 0 spiro atoms. The summed E-state index contributed by atoms with van der Waals surface area (Å²) in [5, 5.41) is 2.53. The van der Waals surface area contributed by atoms with Crippen LogP contribution in [0.4, 0.5) is 0 Å². The van der Waals surface area contributed by atoms with Gasteiger partial charge in [0.15, 0.2) is 0 Å². The second kappa shape index (κ2) is 11.6. The van der Waals surface area contributed by atoms with Crippen LogP contribution >= 0.6 is 0 Å². The molecular formula is C23H28N2O5. The van der Waals surface area contributed by atoms with Gasteiger partial charge in [-0.2, -0.15) is 0 Å². The lowest BCUT2D eigenvalue weighted by Crippen LogP contribution is -2.38. The molecule has 2 amide bonds. The minimum Gasteiger partial charge on any atom is -0.493 e. The van der Waals surface area contributed by atoms with E-state index in [4.69, 9.17) is 9.47 Å². The van der Waals surface area contributed by atoms with Gasteiger partial charge >= 0.3 is 5.97 Å². The van der Waals surface area contributed by atoms with Crippen LogP contribution < -0.4 is 10.1 Å². The van der Waals surface area contributed by atoms with Crippen LogP contribution in [0.2, 0.25) is 0 Å². The number of para-hydroxylation sites is 1. The fourth-order valence-corrected chi connectivity index (χ4v) is 2.95. The monoisotopic (exact) mass is 412 g/mol. The number of esters is 1. The molecule has 2 rings (SSSR count). The number of likely N-dealkylation sites (N-methyl/N-ethyl adjacent to an activating group) is 1. The molecule has 0 aliphatic rings. The zero-order valence-electron chi connectivity index (χ0n) is 17.6. The third kappa shape index (κ3) is 6.07. The number of nitrogens with zero attached hydrogens (tertiary/aromatic N) is 1. The van der Waals surface area contributed by atoms with Crippen LogP contribution in [0.3, 0.4) is 0 Å². The smallest absolute Gasteiger partial charge is 0.326 e. The van der Waals surface area contributed by atoms with Gasteiger partial charge in [0.2, 0.25) is 6.10 Å². The van der Waals surface area contributed by atoms with Crippen molar-refractivity contribution in [2.24, 2.45) is 0 Å². The summed E-state index contributed by atoms with van der Waals surface area (Å²) < 4.78 is 10.9. The lowest BCUT2D eigenvalue weighted by Gasteiger charge is -2.25. The zero-order chi connectivity index (χ0) is 21.9. The highest BCUT2D eigenvalue weighted by atomic mass is 16.5. The van der Waals surface area contributed by atoms with Gasteiger partial charge in [0.05, 0.1) is 12.2 Å². The number of carbonyl (C=O) groups is 3. The maximum Gasteiger partial charge on any atom is 0.326 e. The molecule has 0 aliphatic carbocycles. The van der Waals surface area contributed by atoms with Crippen molar-refractivity contribution in [3.63, 3.8) is 0 Å². The molecule has 2 aromatic carbocycles. The van der Waals surface area contributed by atoms with Crippen molar-refractivity contribution in [2.45, 2.75) is 26.9 Å². The minimum atomic E-state index is -1.06. The molecule has 0 aromatic heterocycles. The lowest BCUT2D eigenvalue weighted by atomic mass is 10.1. The largest absolute Gasteiger partial charge is 0.493 e. The van der Waals surface area contributed by atoms with Gasteiger partial charge in [0.25, 0.3) is 11.8 Å². The first-order valence-corrected chi connectivity index (χ1v) is 10.0. The van der Waals surface area contributed by atoms with Gasteiger partial charge in [0, 0.05) is 18.7 Å². The molecule has 7 heteroatoms. The molecule has 7 nitrogen and oxygen atoms in total. The molecule has 160 valence electrons. The molecule has 0 radical (unpaired) electrons. The predicted octanol–water partition coefficient (Wildman–Crippen LogP) is 2.97. The van der Waals surface area contributed by atoms with E-state index in [-0.39, 0.29) is 12.5 Å². The average Bonchev–Trinajstić information content (AvgIpc) is 2.77. The van der Waals surface area contributed by atoms with E-state index in [1.807, 2.05) is 26.8 Å². The van der Waals surface area contributed by atoms with E-state index in [2.05, 4.69) is 5.32 Å². The maximum absolute atomic E-state index is 12.9. The Bertz CT molecular complexity index is 850. The van der Waals surface area contributed by atoms with Crippen LogP contribution in [0.15, 0.2) is 54.6 Å². The van der Waals surface area contributed by atoms with Crippen LogP contribution in [0.5, 0.6) is 5.75 Å². The zero-order valence-corrected chi connectivity index (χ0v) is 17.6. The first kappa shape index (κ1) is 22.9. The summed E-state index contributed by atoms with van der Waals surface area (Å²) in [6.07, 6.45) is -1.06. The second-order valence-electron chi connectivity index (χ2n) is 6.40. The van der Waals surface area contributed by atoms with E-state index in [1.54, 1.807) is 53.4 Å². The molecule has 0 aliphatic heterocycles. The van der Waals surface area contributed by atoms with Crippen molar-refractivity contribution in [2.75, 3.05) is 26.2 Å². The van der Waals surface area contributed by atoms with Crippen molar-refractivity contribution in [1.29, 1.82) is 0 Å². The van der Waals surface area contributed by atoms with E-state index in [0.717, 1.165) is 0 Å². The molecule has 0 heterocycles. The molecule has 2 aromatic rings. The second-order valence-corrected chi connectivity index (χ2v) is 6.40. The summed E-state index contributed by atoms with van der Waals surface area (Å²) in [5.41, 5.74) is 0.904. The van der Waals surface area contributed by atoms with Crippen molar-refractivity contribution in [3.05, 3.63) is 65.7 Å². The Morgan fingerprint density at radius 3 is 2.20 bits per heavy atom. The minimum absolute atomic E-state index is 0.299. The van der Waals surface area contributed by atoms with Gasteiger partial charge in [-0.1, -0.05) is 42.5 Å². The van der Waals surface area contributed by atoms with Crippen molar-refractivity contribution >= 4 is 17.8 Å². The number of hydrogen-bond donors (Lipinski definition) is 1. The molecule has 1 atom stereocenters. The van der Waals surface area contributed by atoms with E-state index in [1.165, 1.54) is 0 Å². The summed E-state index contributed by atoms with van der Waals surface area (Å²) in [7, 11) is 0. The third-order valence-corrected chi connectivity index (χ3v) is 4.48. The number of ether oxygens (including phenoxy) is 2. The molecule has 30 heavy (non-hydrogen) atoms. The van der Waals surface area contributed by atoms with Crippen LogP contribution in [0.25, 0.3) is 0 Å². The first-order valence-electron chi connectivity index (χ1n) is 10.0. The summed E-state index contributed by atoms with van der Waals surface area (Å²) in [4.78, 5) is 39.4. The Balaban J connectivity index is 2.07. The van der Waals surface area contributed by atoms with E-state index in [9.17, 15) is 14.4 Å². The number of rotatable bonds is 10. The Kier molecular flexibility index (Phi) is 8.87. The van der Waals surface area contributed by atoms with Gasteiger partial charge < -0.3 is 19.7 Å². The van der Waals surface area contributed by atoms with Gasteiger partial charge in [0.1, 0.15) is 12.3 Å². The SMILES string of the molecule is CCOc1ccccc1C(=O)NCC(=O)O[C@@H](C(=O)N(CC)CC)c1ccccc1. The Morgan fingerprint density at radius 2 is 1.57 bits per heavy atom. The van der Waals surface area contributed by atoms with Crippen LogP contribution in [-0.2, 0) is 14.3 Å². The number of nitrogens with one attached hydrogen (secondary N) is 1. The summed E-state index contributed by atoms with van der Waals surface area (Å²) in [5.74, 6) is -1.02. The van der Waals surface area contributed by atoms with Gasteiger partial charge in [-0.3, -0.25) is 14.4 Å². The summed E-state index contributed by atoms with van der Waals surface area (Å²) in [6, 6.07) is 15.6. The number of hydrogen-bond acceptors (Lipinski definition) is 5. The van der Waals surface area contributed by atoms with Gasteiger partial charge in [-0.25, -0.2) is 0 Å². The van der Waals surface area contributed by atoms with Crippen LogP contribution in [0, 0.1) is 0 Å². The van der Waals surface area contributed by atoms with Crippen molar-refractivity contribution < 1.29 is 23.9 Å². The van der Waals surface area contributed by atoms with Crippen molar-refractivity contribution in [3.8, 4) is 5.75 Å². The van der Waals surface area contributed by atoms with Gasteiger partial charge in [-0.15, -0.1) is 0 Å². The normalized spacial score (nSPS) is 11.3. The lowest BCUT2D eigenvalue weighted by molar-refractivity contribution is -0.160. The average molecular weight is 412 g/mol. The quantitative estimate of drug-likeness (QED) is 0.607. The Hall–Kier alpha value is -3.35. The van der Waals surface area contributed by atoms with Crippen molar-refractivity contribution in [1.82, 2.24) is 10.2 Å². The molecule has 1 N–H and O–H groups in total. The molecule has 0 bridgehead atoms. The molecule has 0 fully saturated rings. The highest BCUT2D eigenvalue weighted by molar-refractivity contribution is 5.98. The van der Waals surface area contributed by atoms with Crippen LogP contribution in [0.1, 0.15) is 42.8 Å². The Morgan fingerprint density at radius 1 is 0.933 bits per heavy atom. The highest BCUT2D eigenvalue weighted by Gasteiger charge is 2.28.